The summed E-state index contributed by atoms with van der Waals surface area (Å²) < 4.78 is 9.78. The van der Waals surface area contributed by atoms with Crippen molar-refractivity contribution in [2.24, 2.45) is 5.41 Å². The Labute approximate surface area is 141 Å². The molecule has 4 heteroatoms. The summed E-state index contributed by atoms with van der Waals surface area (Å²) in [5.41, 5.74) is 0.828. The van der Waals surface area contributed by atoms with Crippen LogP contribution in [0.5, 0.6) is 0 Å². The zero-order valence-electron chi connectivity index (χ0n) is 15.8. The lowest BCUT2D eigenvalue weighted by Crippen LogP contribution is -2.19. The van der Waals surface area contributed by atoms with Crippen LogP contribution in [0.1, 0.15) is 79.1 Å². The molecule has 0 saturated heterocycles. The molecule has 0 fully saturated rings. The summed E-state index contributed by atoms with van der Waals surface area (Å²) in [5, 5.41) is 0. The van der Waals surface area contributed by atoms with Gasteiger partial charge in [0.15, 0.2) is 0 Å². The number of carbonyl (C=O) groups is 2. The summed E-state index contributed by atoms with van der Waals surface area (Å²) in [6.45, 7) is 8.30. The Bertz CT molecular complexity index is 402. The first-order chi connectivity index (χ1) is 10.8. The minimum atomic E-state index is -0.425. The Morgan fingerprint density at radius 2 is 1.26 bits per heavy atom. The highest BCUT2D eigenvalue weighted by Gasteiger charge is 2.26. The van der Waals surface area contributed by atoms with Crippen LogP contribution < -0.4 is 0 Å². The second kappa shape index (κ2) is 11.3. The van der Waals surface area contributed by atoms with Gasteiger partial charge >= 0.3 is 11.9 Å². The SMILES string of the molecule is CCCCCCCCC(C(=O)OC)=C(CC(C)(C)C)C(=O)OC. The van der Waals surface area contributed by atoms with E-state index in [-0.39, 0.29) is 5.41 Å². The predicted octanol–water partition coefficient (Wildman–Crippen LogP) is 4.82. The van der Waals surface area contributed by atoms with E-state index >= 15 is 0 Å². The molecule has 134 valence electrons. The number of carbonyl (C=O) groups excluding carboxylic acids is 2. The molecule has 4 nitrogen and oxygen atoms in total. The third-order valence-corrected chi connectivity index (χ3v) is 3.72. The Hall–Kier alpha value is -1.32. The van der Waals surface area contributed by atoms with E-state index in [4.69, 9.17) is 9.47 Å². The number of methoxy groups -OCH3 is 2. The maximum Gasteiger partial charge on any atom is 0.334 e. The average molecular weight is 326 g/mol. The Balaban J connectivity index is 5.09. The molecule has 0 saturated carbocycles. The van der Waals surface area contributed by atoms with E-state index in [1.165, 1.54) is 33.5 Å². The molecule has 0 amide bonds. The molecule has 0 aliphatic heterocycles. The summed E-state index contributed by atoms with van der Waals surface area (Å²) >= 11 is 0. The predicted molar refractivity (Wildman–Crippen MR) is 93.1 cm³/mol. The van der Waals surface area contributed by atoms with Crippen LogP contribution in [0, 0.1) is 5.41 Å². The summed E-state index contributed by atoms with van der Waals surface area (Å²) in [4.78, 5) is 24.3. The number of unbranched alkanes of at least 4 members (excludes halogenated alkanes) is 5. The lowest BCUT2D eigenvalue weighted by molar-refractivity contribution is -0.139. The van der Waals surface area contributed by atoms with Crippen LogP contribution >= 0.6 is 0 Å². The van der Waals surface area contributed by atoms with Crippen LogP contribution in [0.4, 0.5) is 0 Å². The van der Waals surface area contributed by atoms with E-state index in [0.29, 0.717) is 24.0 Å². The largest absolute Gasteiger partial charge is 0.466 e. The normalized spacial score (nSPS) is 12.6. The van der Waals surface area contributed by atoms with E-state index in [9.17, 15) is 9.59 Å². The molecule has 0 aromatic rings. The monoisotopic (exact) mass is 326 g/mol. The van der Waals surface area contributed by atoms with Gasteiger partial charge in [0.25, 0.3) is 0 Å². The van der Waals surface area contributed by atoms with Crippen molar-refractivity contribution >= 4 is 11.9 Å². The van der Waals surface area contributed by atoms with E-state index in [0.717, 1.165) is 19.3 Å². The number of esters is 2. The van der Waals surface area contributed by atoms with Gasteiger partial charge in [-0.1, -0.05) is 59.8 Å². The lowest BCUT2D eigenvalue weighted by atomic mass is 9.85. The molecule has 0 radical (unpaired) electrons. The van der Waals surface area contributed by atoms with E-state index in [2.05, 4.69) is 6.92 Å². The topological polar surface area (TPSA) is 52.6 Å². The average Bonchev–Trinajstić information content (AvgIpc) is 2.50. The van der Waals surface area contributed by atoms with Gasteiger partial charge < -0.3 is 9.47 Å². The molecule has 0 heterocycles. The van der Waals surface area contributed by atoms with E-state index in [1.54, 1.807) is 0 Å². The van der Waals surface area contributed by atoms with Gasteiger partial charge in [0, 0.05) is 11.1 Å². The zero-order valence-corrected chi connectivity index (χ0v) is 15.8. The summed E-state index contributed by atoms with van der Waals surface area (Å²) in [7, 11) is 2.71. The zero-order chi connectivity index (χ0) is 17.9. The molecular weight excluding hydrogens is 292 g/mol. The van der Waals surface area contributed by atoms with Gasteiger partial charge in [0.05, 0.1) is 14.2 Å². The highest BCUT2D eigenvalue weighted by Crippen LogP contribution is 2.29. The van der Waals surface area contributed by atoms with Gasteiger partial charge in [-0.2, -0.15) is 0 Å². The number of rotatable bonds is 10. The summed E-state index contributed by atoms with van der Waals surface area (Å²) in [5.74, 6) is -0.838. The number of hydrogen-bond acceptors (Lipinski definition) is 4. The Morgan fingerprint density at radius 1 is 0.783 bits per heavy atom. The van der Waals surface area contributed by atoms with Crippen LogP contribution in [-0.4, -0.2) is 26.2 Å². The smallest absolute Gasteiger partial charge is 0.334 e. The van der Waals surface area contributed by atoms with Gasteiger partial charge in [0.2, 0.25) is 0 Å². The standard InChI is InChI=1S/C19H34O4/c1-7-8-9-10-11-12-13-15(17(20)22-5)16(18(21)23-6)14-19(2,3)4/h7-14H2,1-6H3. The fourth-order valence-corrected chi connectivity index (χ4v) is 2.54. The van der Waals surface area contributed by atoms with Crippen LogP contribution in [0.25, 0.3) is 0 Å². The van der Waals surface area contributed by atoms with Crippen molar-refractivity contribution in [2.45, 2.75) is 79.1 Å². The second-order valence-electron chi connectivity index (χ2n) is 7.20. The molecule has 0 bridgehead atoms. The molecule has 0 aromatic carbocycles. The molecule has 0 aliphatic carbocycles. The van der Waals surface area contributed by atoms with Crippen LogP contribution in [0.3, 0.4) is 0 Å². The first kappa shape index (κ1) is 21.7. The van der Waals surface area contributed by atoms with E-state index < -0.39 is 11.9 Å². The molecule has 0 aromatic heterocycles. The third-order valence-electron chi connectivity index (χ3n) is 3.72. The minimum absolute atomic E-state index is 0.107. The molecule has 0 N–H and O–H groups in total. The highest BCUT2D eigenvalue weighted by atomic mass is 16.5. The van der Waals surface area contributed by atoms with Crippen LogP contribution in [-0.2, 0) is 19.1 Å². The van der Waals surface area contributed by atoms with Crippen molar-refractivity contribution in [3.8, 4) is 0 Å². The minimum Gasteiger partial charge on any atom is -0.466 e. The van der Waals surface area contributed by atoms with Crippen molar-refractivity contribution in [1.82, 2.24) is 0 Å². The van der Waals surface area contributed by atoms with Gasteiger partial charge in [-0.05, 0) is 24.7 Å². The number of ether oxygens (including phenoxy) is 2. The number of hydrogen-bond donors (Lipinski definition) is 0. The van der Waals surface area contributed by atoms with Gasteiger partial charge in [-0.25, -0.2) is 9.59 Å². The van der Waals surface area contributed by atoms with Crippen LogP contribution in [0.2, 0.25) is 0 Å². The first-order valence-electron chi connectivity index (χ1n) is 8.65. The van der Waals surface area contributed by atoms with Gasteiger partial charge in [-0.15, -0.1) is 0 Å². The molecule has 0 unspecified atom stereocenters. The van der Waals surface area contributed by atoms with Gasteiger partial charge in [-0.3, -0.25) is 0 Å². The summed E-state index contributed by atoms with van der Waals surface area (Å²) in [6.07, 6.45) is 7.86. The van der Waals surface area contributed by atoms with E-state index in [1.807, 2.05) is 20.8 Å². The maximum absolute atomic E-state index is 12.1. The molecule has 23 heavy (non-hydrogen) atoms. The van der Waals surface area contributed by atoms with Crippen molar-refractivity contribution in [3.63, 3.8) is 0 Å². The van der Waals surface area contributed by atoms with Crippen molar-refractivity contribution in [1.29, 1.82) is 0 Å². The van der Waals surface area contributed by atoms with Crippen molar-refractivity contribution < 1.29 is 19.1 Å². The second-order valence-corrected chi connectivity index (χ2v) is 7.20. The molecular formula is C19H34O4. The summed E-state index contributed by atoms with van der Waals surface area (Å²) in [6, 6.07) is 0. The fourth-order valence-electron chi connectivity index (χ4n) is 2.54. The Kier molecular flexibility index (Phi) is 10.6. The first-order valence-corrected chi connectivity index (χ1v) is 8.65. The maximum atomic E-state index is 12.1. The van der Waals surface area contributed by atoms with Gasteiger partial charge in [0.1, 0.15) is 0 Å². The molecule has 0 aliphatic rings. The highest BCUT2D eigenvalue weighted by molar-refractivity contribution is 6.00. The molecule has 0 rings (SSSR count). The molecule has 0 spiro atoms. The fraction of sp³-hybridized carbons (Fsp3) is 0.789. The van der Waals surface area contributed by atoms with Crippen LogP contribution in [0.15, 0.2) is 11.1 Å². The molecule has 0 atom stereocenters. The van der Waals surface area contributed by atoms with Crippen molar-refractivity contribution in [3.05, 3.63) is 11.1 Å². The quantitative estimate of drug-likeness (QED) is 0.328. The Morgan fingerprint density at radius 3 is 1.74 bits per heavy atom. The lowest BCUT2D eigenvalue weighted by Gasteiger charge is -2.21. The third kappa shape index (κ3) is 9.42. The van der Waals surface area contributed by atoms with Crippen molar-refractivity contribution in [2.75, 3.05) is 14.2 Å².